The van der Waals surface area contributed by atoms with Crippen LogP contribution >= 0.6 is 11.6 Å². The first kappa shape index (κ1) is 16.3. The van der Waals surface area contributed by atoms with Gasteiger partial charge in [-0.05, 0) is 12.0 Å². The highest BCUT2D eigenvalue weighted by atomic mass is 35.5. The van der Waals surface area contributed by atoms with E-state index in [0.717, 1.165) is 5.56 Å². The molecule has 1 aromatic carbocycles. The molecule has 1 aliphatic rings. The lowest BCUT2D eigenvalue weighted by Crippen LogP contribution is -2.47. The summed E-state index contributed by atoms with van der Waals surface area (Å²) in [5.41, 5.74) is 6.84. The number of anilines is 1. The van der Waals surface area contributed by atoms with E-state index in [1.54, 1.807) is 0 Å². The maximum Gasteiger partial charge on any atom is 0.407 e. The fourth-order valence-electron chi connectivity index (χ4n) is 2.90. The van der Waals surface area contributed by atoms with Crippen molar-refractivity contribution in [2.45, 2.75) is 18.4 Å². The summed E-state index contributed by atoms with van der Waals surface area (Å²) in [6.07, 6.45) is -0.640. The van der Waals surface area contributed by atoms with Gasteiger partial charge in [-0.15, -0.1) is 10.2 Å². The predicted molar refractivity (Wildman–Crippen MR) is 89.3 cm³/mol. The normalized spacial score (nSPS) is 20.6. The molecule has 1 amide bonds. The Morgan fingerprint density at radius 3 is 2.75 bits per heavy atom. The summed E-state index contributed by atoms with van der Waals surface area (Å²) in [7, 11) is 0. The Labute approximate surface area is 144 Å². The number of halogens is 1. The second-order valence-electron chi connectivity index (χ2n) is 5.69. The Balaban J connectivity index is 1.81. The molecule has 0 bridgehead atoms. The molecule has 0 saturated carbocycles. The minimum absolute atomic E-state index is 0.0487. The van der Waals surface area contributed by atoms with Crippen LogP contribution in [0.1, 0.15) is 17.9 Å². The van der Waals surface area contributed by atoms with Gasteiger partial charge in [-0.3, -0.25) is 0 Å². The molecule has 1 aromatic heterocycles. The monoisotopic (exact) mass is 348 g/mol. The van der Waals surface area contributed by atoms with Crippen LogP contribution in [-0.4, -0.2) is 45.5 Å². The number of carboxylic acid groups (broad SMARTS) is 1. The molecular weight excluding hydrogens is 332 g/mol. The quantitative estimate of drug-likeness (QED) is 0.884. The molecule has 0 spiro atoms. The van der Waals surface area contributed by atoms with E-state index in [4.69, 9.17) is 22.1 Å². The van der Waals surface area contributed by atoms with Crippen molar-refractivity contribution < 1.29 is 14.6 Å². The number of hydrogen-bond acceptors (Lipinski definition) is 5. The van der Waals surface area contributed by atoms with Gasteiger partial charge in [-0.2, -0.15) is 0 Å². The summed E-state index contributed by atoms with van der Waals surface area (Å²) < 4.78 is 5.88. The van der Waals surface area contributed by atoms with Crippen molar-refractivity contribution in [1.82, 2.24) is 15.1 Å². The van der Waals surface area contributed by atoms with Gasteiger partial charge in [-0.25, -0.2) is 4.79 Å². The van der Waals surface area contributed by atoms with Gasteiger partial charge in [0.2, 0.25) is 0 Å². The van der Waals surface area contributed by atoms with Crippen molar-refractivity contribution in [1.29, 1.82) is 0 Å². The number of benzene rings is 1. The lowest BCUT2D eigenvalue weighted by atomic mass is 9.89. The van der Waals surface area contributed by atoms with Crippen LogP contribution in [0.4, 0.5) is 10.6 Å². The molecule has 2 aromatic rings. The first-order valence-corrected chi connectivity index (χ1v) is 7.89. The van der Waals surface area contributed by atoms with Crippen molar-refractivity contribution >= 4 is 23.5 Å². The summed E-state index contributed by atoms with van der Waals surface area (Å²) in [6, 6.07) is 11.3. The number of hydrogen-bond donors (Lipinski definition) is 2. The third-order valence-corrected chi connectivity index (χ3v) is 4.19. The maximum atomic E-state index is 11.5. The molecular formula is C16H17ClN4O3. The standard InChI is InChI=1S/C16H17ClN4O3/c17-14-7-13(15(18)20-19-14)24-12-6-11(8-21(9-12)16(22)23)10-4-2-1-3-5-10/h1-5,7,11-12H,6,8-9H2,(H2,18,20)(H,22,23)/t11-,12-/m1/s1. The molecule has 1 fully saturated rings. The Kier molecular flexibility index (Phi) is 4.71. The van der Waals surface area contributed by atoms with E-state index in [0.29, 0.717) is 18.7 Å². The van der Waals surface area contributed by atoms with Gasteiger partial charge in [0.1, 0.15) is 6.10 Å². The molecule has 0 unspecified atom stereocenters. The zero-order chi connectivity index (χ0) is 17.1. The molecule has 0 aliphatic carbocycles. The second-order valence-corrected chi connectivity index (χ2v) is 6.07. The lowest BCUT2D eigenvalue weighted by Gasteiger charge is -2.36. The summed E-state index contributed by atoms with van der Waals surface area (Å²) in [5.74, 6) is 0.495. The molecule has 1 saturated heterocycles. The number of carbonyl (C=O) groups is 1. The summed E-state index contributed by atoms with van der Waals surface area (Å²) in [4.78, 5) is 12.8. The third kappa shape index (κ3) is 3.68. The van der Waals surface area contributed by atoms with Crippen LogP contribution in [0.25, 0.3) is 0 Å². The van der Waals surface area contributed by atoms with Gasteiger partial charge >= 0.3 is 6.09 Å². The number of aromatic nitrogens is 2. The fourth-order valence-corrected chi connectivity index (χ4v) is 3.03. The maximum absolute atomic E-state index is 11.5. The Bertz CT molecular complexity index is 729. The van der Waals surface area contributed by atoms with Crippen molar-refractivity contribution in [3.63, 3.8) is 0 Å². The zero-order valence-electron chi connectivity index (χ0n) is 12.8. The van der Waals surface area contributed by atoms with Crippen molar-refractivity contribution in [3.05, 3.63) is 47.1 Å². The third-order valence-electron chi connectivity index (χ3n) is 4.00. The molecule has 7 nitrogen and oxygen atoms in total. The minimum atomic E-state index is -0.969. The van der Waals surface area contributed by atoms with E-state index in [1.165, 1.54) is 11.0 Å². The minimum Gasteiger partial charge on any atom is -0.484 e. The molecule has 24 heavy (non-hydrogen) atoms. The highest BCUT2D eigenvalue weighted by Gasteiger charge is 2.32. The van der Waals surface area contributed by atoms with E-state index < -0.39 is 6.09 Å². The average Bonchev–Trinajstić information content (AvgIpc) is 2.58. The van der Waals surface area contributed by atoms with Crippen molar-refractivity contribution in [2.75, 3.05) is 18.8 Å². The predicted octanol–water partition coefficient (Wildman–Crippen LogP) is 2.63. The molecule has 2 atom stereocenters. The van der Waals surface area contributed by atoms with Gasteiger partial charge in [0, 0.05) is 18.5 Å². The summed E-state index contributed by atoms with van der Waals surface area (Å²) in [6.45, 7) is 0.697. The number of ether oxygens (including phenoxy) is 1. The SMILES string of the molecule is Nc1nnc(Cl)cc1O[C@@H]1C[C@@H](c2ccccc2)CN(C(=O)O)C1. The van der Waals surface area contributed by atoms with Crippen LogP contribution in [0.5, 0.6) is 5.75 Å². The number of piperidine rings is 1. The van der Waals surface area contributed by atoms with Crippen molar-refractivity contribution in [2.24, 2.45) is 0 Å². The van der Waals surface area contributed by atoms with E-state index >= 15 is 0 Å². The summed E-state index contributed by atoms with van der Waals surface area (Å²) in [5, 5.41) is 16.9. The highest BCUT2D eigenvalue weighted by molar-refractivity contribution is 6.29. The topological polar surface area (TPSA) is 102 Å². The molecule has 0 radical (unpaired) electrons. The first-order chi connectivity index (χ1) is 11.5. The molecule has 126 valence electrons. The van der Waals surface area contributed by atoms with Gasteiger partial charge in [0.25, 0.3) is 0 Å². The van der Waals surface area contributed by atoms with E-state index in [-0.39, 0.29) is 29.5 Å². The van der Waals surface area contributed by atoms with E-state index in [1.807, 2.05) is 30.3 Å². The average molecular weight is 349 g/mol. The van der Waals surface area contributed by atoms with Gasteiger partial charge in [-0.1, -0.05) is 41.9 Å². The number of nitrogens with zero attached hydrogens (tertiary/aromatic N) is 3. The van der Waals surface area contributed by atoms with Crippen molar-refractivity contribution in [3.8, 4) is 5.75 Å². The van der Waals surface area contributed by atoms with E-state index in [9.17, 15) is 9.90 Å². The number of nitrogens with two attached hydrogens (primary N) is 1. The van der Waals surface area contributed by atoms with Gasteiger partial charge < -0.3 is 20.5 Å². The molecule has 1 aliphatic heterocycles. The van der Waals surface area contributed by atoms with Crippen LogP contribution < -0.4 is 10.5 Å². The number of likely N-dealkylation sites (tertiary alicyclic amines) is 1. The van der Waals surface area contributed by atoms with Crippen LogP contribution in [0.2, 0.25) is 5.15 Å². The van der Waals surface area contributed by atoms with E-state index in [2.05, 4.69) is 10.2 Å². The Morgan fingerprint density at radius 1 is 1.29 bits per heavy atom. The smallest absolute Gasteiger partial charge is 0.407 e. The summed E-state index contributed by atoms with van der Waals surface area (Å²) >= 11 is 5.82. The second kappa shape index (κ2) is 6.92. The number of nitrogen functional groups attached to an aromatic ring is 1. The van der Waals surface area contributed by atoms with Crippen LogP contribution in [0.3, 0.4) is 0 Å². The van der Waals surface area contributed by atoms with Crippen LogP contribution in [-0.2, 0) is 0 Å². The molecule has 3 N–H and O–H groups in total. The van der Waals surface area contributed by atoms with Crippen LogP contribution in [0, 0.1) is 0 Å². The van der Waals surface area contributed by atoms with Gasteiger partial charge in [0.15, 0.2) is 16.7 Å². The highest BCUT2D eigenvalue weighted by Crippen LogP contribution is 2.31. The largest absolute Gasteiger partial charge is 0.484 e. The molecule has 3 rings (SSSR count). The number of rotatable bonds is 3. The fraction of sp³-hybridized carbons (Fsp3) is 0.312. The van der Waals surface area contributed by atoms with Gasteiger partial charge in [0.05, 0.1) is 6.54 Å². The number of amides is 1. The Hall–Kier alpha value is -2.54. The zero-order valence-corrected chi connectivity index (χ0v) is 13.6. The van der Waals surface area contributed by atoms with Crippen LogP contribution in [0.15, 0.2) is 36.4 Å². The first-order valence-electron chi connectivity index (χ1n) is 7.51. The molecule has 8 heteroatoms. The molecule has 2 heterocycles. The lowest BCUT2D eigenvalue weighted by molar-refractivity contribution is 0.0699. The Morgan fingerprint density at radius 2 is 2.04 bits per heavy atom.